The molecule has 5 rings (SSSR count). The number of aliphatic hydroxyl groups excluding tert-OH is 1. The molecule has 1 amide bonds. The van der Waals surface area contributed by atoms with Gasteiger partial charge in [0.05, 0.1) is 36.4 Å². The van der Waals surface area contributed by atoms with Crippen molar-refractivity contribution in [1.82, 2.24) is 0 Å². The number of anilines is 2. The summed E-state index contributed by atoms with van der Waals surface area (Å²) >= 11 is 12.8. The standard InChI is InChI=1S/C30H28Cl2N2O5/c1-38-28-21(17-22(31)29(39-2)24(28)32)26(35)23-25(18-9-5-3-6-10-18)34(30(37)27(23)36)20-13-11-19(12-14-20)33-15-7-4-8-16-33/h3,5-6,9-14,17,25,35H,4,7-8,15-16H2,1-2H3/b26-23+. The van der Waals surface area contributed by atoms with Crippen molar-refractivity contribution in [2.24, 2.45) is 0 Å². The van der Waals surface area contributed by atoms with E-state index in [1.807, 2.05) is 54.6 Å². The van der Waals surface area contributed by atoms with Gasteiger partial charge in [0.25, 0.3) is 11.7 Å². The largest absolute Gasteiger partial charge is 0.507 e. The lowest BCUT2D eigenvalue weighted by Crippen LogP contribution is -2.30. The number of halogens is 2. The van der Waals surface area contributed by atoms with Gasteiger partial charge in [0.2, 0.25) is 0 Å². The van der Waals surface area contributed by atoms with Crippen LogP contribution < -0.4 is 19.3 Å². The number of rotatable bonds is 6. The molecular weight excluding hydrogens is 539 g/mol. The molecule has 0 spiro atoms. The van der Waals surface area contributed by atoms with Crippen LogP contribution in [0.25, 0.3) is 5.76 Å². The summed E-state index contributed by atoms with van der Waals surface area (Å²) in [6, 6.07) is 17.2. The molecule has 0 saturated carbocycles. The van der Waals surface area contributed by atoms with E-state index in [1.54, 1.807) is 0 Å². The Kier molecular flexibility index (Phi) is 7.73. The number of carbonyl (C=O) groups is 2. The van der Waals surface area contributed by atoms with Crippen molar-refractivity contribution >= 4 is 52.0 Å². The third kappa shape index (κ3) is 4.81. The van der Waals surface area contributed by atoms with Crippen LogP contribution >= 0.6 is 23.2 Å². The number of ketones is 1. The van der Waals surface area contributed by atoms with Crippen LogP contribution in [0.2, 0.25) is 10.0 Å². The zero-order chi connectivity index (χ0) is 27.7. The van der Waals surface area contributed by atoms with Crippen molar-refractivity contribution in [2.45, 2.75) is 25.3 Å². The summed E-state index contributed by atoms with van der Waals surface area (Å²) in [5.74, 6) is -1.79. The average molecular weight is 567 g/mol. The molecular formula is C30H28Cl2N2O5. The summed E-state index contributed by atoms with van der Waals surface area (Å²) in [5, 5.41) is 11.7. The van der Waals surface area contributed by atoms with Gasteiger partial charge in [-0.15, -0.1) is 0 Å². The number of carbonyl (C=O) groups excluding carboxylic acids is 2. The fourth-order valence-corrected chi connectivity index (χ4v) is 6.00. The van der Waals surface area contributed by atoms with E-state index in [0.29, 0.717) is 11.3 Å². The van der Waals surface area contributed by atoms with Crippen LogP contribution in [0, 0.1) is 0 Å². The summed E-state index contributed by atoms with van der Waals surface area (Å²) in [6.07, 6.45) is 3.52. The van der Waals surface area contributed by atoms with Crippen LogP contribution in [0.3, 0.4) is 0 Å². The molecule has 1 N–H and O–H groups in total. The Balaban J connectivity index is 1.65. The second-order valence-corrected chi connectivity index (χ2v) is 10.2. The highest BCUT2D eigenvalue weighted by molar-refractivity contribution is 6.52. The van der Waals surface area contributed by atoms with Gasteiger partial charge in [0.1, 0.15) is 10.8 Å². The quantitative estimate of drug-likeness (QED) is 0.205. The first-order valence-electron chi connectivity index (χ1n) is 12.7. The van der Waals surface area contributed by atoms with Gasteiger partial charge < -0.3 is 19.5 Å². The van der Waals surface area contributed by atoms with E-state index in [4.69, 9.17) is 32.7 Å². The number of piperidine rings is 1. The normalized spacial score (nSPS) is 18.9. The van der Waals surface area contributed by atoms with Crippen molar-refractivity contribution in [1.29, 1.82) is 0 Å². The smallest absolute Gasteiger partial charge is 0.300 e. The molecule has 1 unspecified atom stereocenters. The third-order valence-electron chi connectivity index (χ3n) is 7.20. The van der Waals surface area contributed by atoms with Gasteiger partial charge in [-0.3, -0.25) is 14.5 Å². The first kappa shape index (κ1) is 26.9. The monoisotopic (exact) mass is 566 g/mol. The summed E-state index contributed by atoms with van der Waals surface area (Å²) in [5.41, 5.74) is 2.25. The van der Waals surface area contributed by atoms with E-state index in [9.17, 15) is 14.7 Å². The lowest BCUT2D eigenvalue weighted by atomic mass is 9.94. The van der Waals surface area contributed by atoms with Gasteiger partial charge in [-0.2, -0.15) is 0 Å². The Labute approximate surface area is 237 Å². The first-order chi connectivity index (χ1) is 18.9. The number of Topliss-reactive ketones (excluding diaryl/α,β-unsaturated/α-hetero) is 1. The Morgan fingerprint density at radius 2 is 1.49 bits per heavy atom. The second kappa shape index (κ2) is 11.2. The van der Waals surface area contributed by atoms with Crippen molar-refractivity contribution in [2.75, 3.05) is 37.1 Å². The lowest BCUT2D eigenvalue weighted by Gasteiger charge is -2.30. The molecule has 0 aliphatic carbocycles. The summed E-state index contributed by atoms with van der Waals surface area (Å²) in [4.78, 5) is 30.8. The SMILES string of the molecule is COc1c(Cl)cc(/C(O)=C2\C(=O)C(=O)N(c3ccc(N4CCCCC4)cc3)C2c2ccccc2)c(OC)c1Cl. The predicted octanol–water partition coefficient (Wildman–Crippen LogP) is 6.63. The highest BCUT2D eigenvalue weighted by Gasteiger charge is 2.47. The molecule has 2 fully saturated rings. The average Bonchev–Trinajstić information content (AvgIpc) is 3.23. The molecule has 9 heteroatoms. The number of ether oxygens (including phenoxy) is 2. The van der Waals surface area contributed by atoms with Crippen LogP contribution in [0.5, 0.6) is 11.5 Å². The summed E-state index contributed by atoms with van der Waals surface area (Å²) in [6.45, 7) is 1.98. The van der Waals surface area contributed by atoms with Crippen LogP contribution in [0.4, 0.5) is 11.4 Å². The van der Waals surface area contributed by atoms with E-state index in [-0.39, 0.29) is 32.7 Å². The molecule has 0 radical (unpaired) electrons. The highest BCUT2D eigenvalue weighted by atomic mass is 35.5. The van der Waals surface area contributed by atoms with Crippen LogP contribution in [0.1, 0.15) is 36.4 Å². The van der Waals surface area contributed by atoms with Gasteiger partial charge in [-0.05, 0) is 55.2 Å². The van der Waals surface area contributed by atoms with E-state index < -0.39 is 23.5 Å². The number of hydrogen-bond donors (Lipinski definition) is 1. The minimum Gasteiger partial charge on any atom is -0.507 e. The molecule has 2 aliphatic rings. The van der Waals surface area contributed by atoms with Gasteiger partial charge in [-0.25, -0.2) is 0 Å². The molecule has 7 nitrogen and oxygen atoms in total. The zero-order valence-corrected chi connectivity index (χ0v) is 23.1. The molecule has 0 bridgehead atoms. The summed E-state index contributed by atoms with van der Waals surface area (Å²) < 4.78 is 10.7. The van der Waals surface area contributed by atoms with E-state index >= 15 is 0 Å². The number of amides is 1. The first-order valence-corrected chi connectivity index (χ1v) is 13.4. The minimum absolute atomic E-state index is 0.0350. The van der Waals surface area contributed by atoms with Crippen molar-refractivity contribution in [3.63, 3.8) is 0 Å². The van der Waals surface area contributed by atoms with Crippen LogP contribution in [0.15, 0.2) is 66.2 Å². The molecule has 2 aliphatic heterocycles. The van der Waals surface area contributed by atoms with Gasteiger partial charge in [0, 0.05) is 24.5 Å². The topological polar surface area (TPSA) is 79.3 Å². The Hall–Kier alpha value is -3.68. The maximum atomic E-state index is 13.5. The molecule has 1 atom stereocenters. The number of aliphatic hydroxyl groups is 1. The fraction of sp³-hybridized carbons (Fsp3) is 0.267. The van der Waals surface area contributed by atoms with Crippen LogP contribution in [-0.2, 0) is 9.59 Å². The lowest BCUT2D eigenvalue weighted by molar-refractivity contribution is -0.132. The fourth-order valence-electron chi connectivity index (χ4n) is 5.32. The van der Waals surface area contributed by atoms with Crippen LogP contribution in [-0.4, -0.2) is 44.1 Å². The number of methoxy groups -OCH3 is 2. The van der Waals surface area contributed by atoms with E-state index in [1.165, 1.54) is 31.6 Å². The summed E-state index contributed by atoms with van der Waals surface area (Å²) in [7, 11) is 2.78. The van der Waals surface area contributed by atoms with Crippen molar-refractivity contribution < 1.29 is 24.2 Å². The van der Waals surface area contributed by atoms with Gasteiger partial charge in [-0.1, -0.05) is 53.5 Å². The molecule has 0 aromatic heterocycles. The molecule has 3 aromatic carbocycles. The number of hydrogen-bond acceptors (Lipinski definition) is 6. The highest BCUT2D eigenvalue weighted by Crippen LogP contribution is 2.48. The second-order valence-electron chi connectivity index (χ2n) is 9.43. The molecule has 39 heavy (non-hydrogen) atoms. The van der Waals surface area contributed by atoms with E-state index in [2.05, 4.69) is 4.90 Å². The zero-order valence-electron chi connectivity index (χ0n) is 21.6. The van der Waals surface area contributed by atoms with Crippen molar-refractivity contribution in [3.05, 3.63) is 87.4 Å². The number of nitrogens with zero attached hydrogens (tertiary/aromatic N) is 2. The molecule has 2 saturated heterocycles. The Morgan fingerprint density at radius 3 is 2.10 bits per heavy atom. The minimum atomic E-state index is -0.892. The Morgan fingerprint density at radius 1 is 0.872 bits per heavy atom. The van der Waals surface area contributed by atoms with Crippen molar-refractivity contribution in [3.8, 4) is 11.5 Å². The molecule has 2 heterocycles. The molecule has 202 valence electrons. The van der Waals surface area contributed by atoms with Gasteiger partial charge >= 0.3 is 0 Å². The Bertz CT molecular complexity index is 1430. The third-order valence-corrected chi connectivity index (χ3v) is 7.83. The maximum Gasteiger partial charge on any atom is 0.300 e. The predicted molar refractivity (Wildman–Crippen MR) is 153 cm³/mol. The molecule has 3 aromatic rings. The maximum absolute atomic E-state index is 13.5. The van der Waals surface area contributed by atoms with Gasteiger partial charge in [0.15, 0.2) is 11.5 Å². The van der Waals surface area contributed by atoms with E-state index in [0.717, 1.165) is 31.6 Å². The number of benzene rings is 3.